The monoisotopic (exact) mass is 344 g/mol. The van der Waals surface area contributed by atoms with Crippen LogP contribution in [0.4, 0.5) is 5.95 Å². The van der Waals surface area contributed by atoms with Crippen LogP contribution in [0.1, 0.15) is 52.0 Å². The first kappa shape index (κ1) is 19.4. The largest absolute Gasteiger partial charge is 0.341 e. The van der Waals surface area contributed by atoms with Gasteiger partial charge in [-0.25, -0.2) is 9.97 Å². The van der Waals surface area contributed by atoms with Crippen molar-refractivity contribution in [2.75, 3.05) is 24.5 Å². The van der Waals surface area contributed by atoms with E-state index in [1.807, 2.05) is 23.4 Å². The SMILES string of the molecule is C=CCC(C)(C)N(C=O)CCC1CCCN(c2ncc(CC)cn2)C1. The van der Waals surface area contributed by atoms with Crippen molar-refractivity contribution in [1.82, 2.24) is 14.9 Å². The van der Waals surface area contributed by atoms with Gasteiger partial charge in [-0.3, -0.25) is 4.79 Å². The summed E-state index contributed by atoms with van der Waals surface area (Å²) in [6.07, 6.45) is 11.9. The number of aryl methyl sites for hydroxylation is 1. The number of hydrogen-bond donors (Lipinski definition) is 0. The molecule has 1 fully saturated rings. The summed E-state index contributed by atoms with van der Waals surface area (Å²) in [7, 11) is 0. The van der Waals surface area contributed by atoms with E-state index in [1.54, 1.807) is 0 Å². The zero-order valence-corrected chi connectivity index (χ0v) is 15.9. The van der Waals surface area contributed by atoms with Crippen LogP contribution in [-0.4, -0.2) is 46.5 Å². The van der Waals surface area contributed by atoms with Gasteiger partial charge in [0.15, 0.2) is 0 Å². The van der Waals surface area contributed by atoms with Crippen LogP contribution >= 0.6 is 0 Å². The number of hydrogen-bond acceptors (Lipinski definition) is 4. The Morgan fingerprint density at radius 3 is 2.72 bits per heavy atom. The van der Waals surface area contributed by atoms with Crippen molar-refractivity contribution < 1.29 is 4.79 Å². The summed E-state index contributed by atoms with van der Waals surface area (Å²) in [5.41, 5.74) is 1.00. The van der Waals surface area contributed by atoms with Crippen LogP contribution < -0.4 is 4.90 Å². The average Bonchev–Trinajstić information content (AvgIpc) is 2.62. The van der Waals surface area contributed by atoms with Gasteiger partial charge in [-0.05, 0) is 57.4 Å². The second-order valence-electron chi connectivity index (χ2n) is 7.59. The highest BCUT2D eigenvalue weighted by Crippen LogP contribution is 2.25. The number of rotatable bonds is 9. The van der Waals surface area contributed by atoms with E-state index < -0.39 is 0 Å². The molecule has 0 aliphatic carbocycles. The number of anilines is 1. The van der Waals surface area contributed by atoms with Crippen LogP contribution in [0.3, 0.4) is 0 Å². The Morgan fingerprint density at radius 1 is 1.40 bits per heavy atom. The van der Waals surface area contributed by atoms with Gasteiger partial charge in [-0.15, -0.1) is 6.58 Å². The maximum Gasteiger partial charge on any atom is 0.225 e. The van der Waals surface area contributed by atoms with E-state index in [1.165, 1.54) is 12.0 Å². The van der Waals surface area contributed by atoms with Gasteiger partial charge in [-0.2, -0.15) is 0 Å². The molecule has 0 bridgehead atoms. The molecule has 1 amide bonds. The minimum Gasteiger partial charge on any atom is -0.341 e. The van der Waals surface area contributed by atoms with Crippen molar-refractivity contribution in [2.24, 2.45) is 5.92 Å². The molecule has 0 aromatic carbocycles. The van der Waals surface area contributed by atoms with Crippen LogP contribution in [0, 0.1) is 5.92 Å². The second-order valence-corrected chi connectivity index (χ2v) is 7.59. The van der Waals surface area contributed by atoms with E-state index in [2.05, 4.69) is 42.2 Å². The molecule has 1 saturated heterocycles. The number of piperidine rings is 1. The maximum atomic E-state index is 11.5. The lowest BCUT2D eigenvalue weighted by atomic mass is 9.93. The van der Waals surface area contributed by atoms with Gasteiger partial charge in [0.25, 0.3) is 0 Å². The highest BCUT2D eigenvalue weighted by molar-refractivity contribution is 5.48. The van der Waals surface area contributed by atoms with Crippen molar-refractivity contribution in [3.63, 3.8) is 0 Å². The van der Waals surface area contributed by atoms with Crippen molar-refractivity contribution in [3.8, 4) is 0 Å². The normalized spacial score (nSPS) is 18.0. The van der Waals surface area contributed by atoms with Crippen LogP contribution in [-0.2, 0) is 11.2 Å². The molecule has 0 saturated carbocycles. The zero-order valence-electron chi connectivity index (χ0n) is 15.9. The highest BCUT2D eigenvalue weighted by Gasteiger charge is 2.26. The topological polar surface area (TPSA) is 49.3 Å². The molecule has 0 N–H and O–H groups in total. The summed E-state index contributed by atoms with van der Waals surface area (Å²) < 4.78 is 0. The lowest BCUT2D eigenvalue weighted by Crippen LogP contribution is -2.44. The first-order valence-corrected chi connectivity index (χ1v) is 9.39. The van der Waals surface area contributed by atoms with E-state index in [0.717, 1.165) is 57.7 Å². The molecule has 1 aromatic heterocycles. The molecule has 1 aliphatic rings. The van der Waals surface area contributed by atoms with Gasteiger partial charge in [0.2, 0.25) is 12.4 Å². The summed E-state index contributed by atoms with van der Waals surface area (Å²) in [5, 5.41) is 0. The fourth-order valence-corrected chi connectivity index (χ4v) is 3.47. The number of carbonyl (C=O) groups is 1. The molecule has 5 heteroatoms. The van der Waals surface area contributed by atoms with Gasteiger partial charge in [0.05, 0.1) is 0 Å². The molecule has 1 aromatic rings. The maximum absolute atomic E-state index is 11.5. The van der Waals surface area contributed by atoms with Crippen molar-refractivity contribution in [1.29, 1.82) is 0 Å². The van der Waals surface area contributed by atoms with E-state index in [4.69, 9.17) is 0 Å². The van der Waals surface area contributed by atoms with E-state index in [9.17, 15) is 4.79 Å². The Morgan fingerprint density at radius 2 is 2.12 bits per heavy atom. The molecular formula is C20H32N4O. The number of aromatic nitrogens is 2. The summed E-state index contributed by atoms with van der Waals surface area (Å²) in [4.78, 5) is 24.7. The molecule has 1 unspecified atom stereocenters. The number of amides is 1. The zero-order chi connectivity index (χ0) is 18.3. The number of nitrogens with zero attached hydrogens (tertiary/aromatic N) is 4. The molecule has 0 radical (unpaired) electrons. The molecule has 138 valence electrons. The summed E-state index contributed by atoms with van der Waals surface area (Å²) in [6.45, 7) is 12.9. The minimum atomic E-state index is -0.170. The van der Waals surface area contributed by atoms with Crippen molar-refractivity contribution >= 4 is 12.4 Å². The predicted molar refractivity (Wildman–Crippen MR) is 103 cm³/mol. The Kier molecular flexibility index (Phi) is 6.97. The highest BCUT2D eigenvalue weighted by atomic mass is 16.1. The fourth-order valence-electron chi connectivity index (χ4n) is 3.47. The molecule has 2 heterocycles. The molecular weight excluding hydrogens is 312 g/mol. The summed E-state index contributed by atoms with van der Waals surface area (Å²) >= 11 is 0. The van der Waals surface area contributed by atoms with Crippen molar-refractivity contribution in [2.45, 2.75) is 58.4 Å². The van der Waals surface area contributed by atoms with Gasteiger partial charge in [0, 0.05) is 37.6 Å². The minimum absolute atomic E-state index is 0.170. The van der Waals surface area contributed by atoms with Gasteiger partial charge in [-0.1, -0.05) is 13.0 Å². The third kappa shape index (κ3) is 5.28. The Bertz CT molecular complexity index is 555. The second kappa shape index (κ2) is 8.97. The first-order chi connectivity index (χ1) is 12.0. The summed E-state index contributed by atoms with van der Waals surface area (Å²) in [5.74, 6) is 1.41. The lowest BCUT2D eigenvalue weighted by Gasteiger charge is -2.38. The molecule has 1 aliphatic heterocycles. The number of carbonyl (C=O) groups excluding carboxylic acids is 1. The van der Waals surface area contributed by atoms with Crippen LogP contribution in [0.15, 0.2) is 25.0 Å². The average molecular weight is 345 g/mol. The molecule has 2 rings (SSSR count). The summed E-state index contributed by atoms with van der Waals surface area (Å²) in [6, 6.07) is 0. The Hall–Kier alpha value is -1.91. The predicted octanol–water partition coefficient (Wildman–Crippen LogP) is 3.46. The quantitative estimate of drug-likeness (QED) is 0.508. The van der Waals surface area contributed by atoms with E-state index in [0.29, 0.717) is 5.92 Å². The molecule has 25 heavy (non-hydrogen) atoms. The Labute approximate surface area is 152 Å². The van der Waals surface area contributed by atoms with Crippen molar-refractivity contribution in [3.05, 3.63) is 30.6 Å². The molecule has 1 atom stereocenters. The van der Waals surface area contributed by atoms with Gasteiger partial charge in [0.1, 0.15) is 0 Å². The third-order valence-electron chi connectivity index (χ3n) is 5.23. The van der Waals surface area contributed by atoms with Crippen LogP contribution in [0.25, 0.3) is 0 Å². The van der Waals surface area contributed by atoms with Crippen LogP contribution in [0.2, 0.25) is 0 Å². The fraction of sp³-hybridized carbons (Fsp3) is 0.650. The van der Waals surface area contributed by atoms with Gasteiger partial charge >= 0.3 is 0 Å². The lowest BCUT2D eigenvalue weighted by molar-refractivity contribution is -0.123. The van der Waals surface area contributed by atoms with Crippen LogP contribution in [0.5, 0.6) is 0 Å². The molecule has 5 nitrogen and oxygen atoms in total. The third-order valence-corrected chi connectivity index (χ3v) is 5.23. The standard InChI is InChI=1S/C20H32N4O/c1-5-10-20(3,4)24(16-25)12-9-18-8-7-11-23(15-18)19-21-13-17(6-2)14-22-19/h5,13-14,16,18H,1,6-12,15H2,2-4H3. The first-order valence-electron chi connectivity index (χ1n) is 9.39. The smallest absolute Gasteiger partial charge is 0.225 e. The van der Waals surface area contributed by atoms with Gasteiger partial charge < -0.3 is 9.80 Å². The van der Waals surface area contributed by atoms with E-state index >= 15 is 0 Å². The van der Waals surface area contributed by atoms with E-state index in [-0.39, 0.29) is 5.54 Å². The molecule has 0 spiro atoms. The Balaban J connectivity index is 1.92.